The molecule has 0 bridgehead atoms. The number of anilines is 2. The van der Waals surface area contributed by atoms with Gasteiger partial charge >= 0.3 is 0 Å². The third-order valence-corrected chi connectivity index (χ3v) is 5.55. The number of carbonyl (C=O) groups excluding carboxylic acids is 1. The van der Waals surface area contributed by atoms with Crippen molar-refractivity contribution in [3.63, 3.8) is 0 Å². The minimum Gasteiger partial charge on any atom is -0.368 e. The van der Waals surface area contributed by atoms with E-state index in [4.69, 9.17) is 4.98 Å². The molecule has 0 unspecified atom stereocenters. The van der Waals surface area contributed by atoms with Crippen LogP contribution in [0.4, 0.5) is 11.5 Å². The molecule has 1 aromatic carbocycles. The number of amides is 1. The summed E-state index contributed by atoms with van der Waals surface area (Å²) in [5, 5.41) is 5.43. The first-order chi connectivity index (χ1) is 14.8. The van der Waals surface area contributed by atoms with Crippen molar-refractivity contribution in [1.29, 1.82) is 0 Å². The van der Waals surface area contributed by atoms with Gasteiger partial charge in [0.05, 0.1) is 17.9 Å². The Morgan fingerprint density at radius 2 is 1.83 bits per heavy atom. The van der Waals surface area contributed by atoms with E-state index in [0.29, 0.717) is 18.9 Å². The lowest BCUT2D eigenvalue weighted by molar-refractivity contribution is -0.107. The number of thiophene rings is 1. The topological polar surface area (TPSA) is 58.1 Å². The van der Waals surface area contributed by atoms with E-state index in [0.717, 1.165) is 40.3 Å². The molecule has 30 heavy (non-hydrogen) atoms. The van der Waals surface area contributed by atoms with E-state index in [2.05, 4.69) is 10.3 Å². The highest BCUT2D eigenvalue weighted by Crippen LogP contribution is 2.29. The van der Waals surface area contributed by atoms with Gasteiger partial charge in [-0.1, -0.05) is 42.5 Å². The van der Waals surface area contributed by atoms with Crippen molar-refractivity contribution >= 4 is 29.3 Å². The largest absolute Gasteiger partial charge is 0.368 e. The van der Waals surface area contributed by atoms with E-state index >= 15 is 0 Å². The van der Waals surface area contributed by atoms with Gasteiger partial charge in [-0.3, -0.25) is 9.78 Å². The molecule has 0 radical (unpaired) electrons. The van der Waals surface area contributed by atoms with Gasteiger partial charge in [0, 0.05) is 35.3 Å². The number of aromatic nitrogens is 2. The second-order valence-corrected chi connectivity index (χ2v) is 7.77. The monoisotopic (exact) mass is 414 g/mol. The summed E-state index contributed by atoms with van der Waals surface area (Å²) in [7, 11) is 0. The van der Waals surface area contributed by atoms with Crippen LogP contribution in [0.15, 0.2) is 84.4 Å². The predicted octanol–water partition coefficient (Wildman–Crippen LogP) is 5.02. The molecular weight excluding hydrogens is 392 g/mol. The van der Waals surface area contributed by atoms with Crippen LogP contribution in [0.1, 0.15) is 10.6 Å². The van der Waals surface area contributed by atoms with Gasteiger partial charge in [-0.15, -0.1) is 11.3 Å². The summed E-state index contributed by atoms with van der Waals surface area (Å²) in [6, 6.07) is 23.9. The Hall–Kier alpha value is -3.51. The third-order valence-electron chi connectivity index (χ3n) is 4.69. The molecule has 1 N–H and O–H groups in total. The van der Waals surface area contributed by atoms with E-state index < -0.39 is 0 Å². The van der Waals surface area contributed by atoms with Crippen molar-refractivity contribution in [1.82, 2.24) is 9.97 Å². The summed E-state index contributed by atoms with van der Waals surface area (Å²) in [4.78, 5) is 23.9. The smallest absolute Gasteiger partial charge is 0.214 e. The standard InChI is InChI=1S/C24H22N4OS/c29-18-28(17-21-10-6-16-30-21)23-12-11-22(19-7-2-1-3-8-19)27-24(23)26-15-13-20-9-4-5-14-25-20/h1-12,14,16,18H,13,15,17H2,(H,26,27). The van der Waals surface area contributed by atoms with Gasteiger partial charge in [0.15, 0.2) is 5.82 Å². The molecule has 3 heterocycles. The van der Waals surface area contributed by atoms with Crippen LogP contribution in [0.3, 0.4) is 0 Å². The molecule has 0 atom stereocenters. The van der Waals surface area contributed by atoms with E-state index in [1.54, 1.807) is 22.4 Å². The molecule has 5 nitrogen and oxygen atoms in total. The van der Waals surface area contributed by atoms with Crippen molar-refractivity contribution < 1.29 is 4.79 Å². The first-order valence-electron chi connectivity index (χ1n) is 9.78. The van der Waals surface area contributed by atoms with Crippen LogP contribution in [0.25, 0.3) is 11.3 Å². The van der Waals surface area contributed by atoms with Crippen molar-refractivity contribution in [3.05, 3.63) is 94.9 Å². The minimum atomic E-state index is 0.516. The average Bonchev–Trinajstić information content (AvgIpc) is 3.32. The summed E-state index contributed by atoms with van der Waals surface area (Å²) >= 11 is 1.63. The lowest BCUT2D eigenvalue weighted by Crippen LogP contribution is -2.22. The highest BCUT2D eigenvalue weighted by atomic mass is 32.1. The molecule has 0 aliphatic rings. The van der Waals surface area contributed by atoms with Crippen molar-refractivity contribution in [2.45, 2.75) is 13.0 Å². The third kappa shape index (κ3) is 4.90. The zero-order chi connectivity index (χ0) is 20.6. The van der Waals surface area contributed by atoms with Crippen LogP contribution in [-0.2, 0) is 17.8 Å². The molecule has 1 amide bonds. The van der Waals surface area contributed by atoms with Crippen LogP contribution in [-0.4, -0.2) is 22.9 Å². The summed E-state index contributed by atoms with van der Waals surface area (Å²) in [6.45, 7) is 1.18. The Morgan fingerprint density at radius 3 is 2.57 bits per heavy atom. The van der Waals surface area contributed by atoms with Gasteiger partial charge in [0.1, 0.15) is 0 Å². The lowest BCUT2D eigenvalue weighted by atomic mass is 10.1. The lowest BCUT2D eigenvalue weighted by Gasteiger charge is -2.21. The first kappa shape index (κ1) is 19.8. The van der Waals surface area contributed by atoms with Crippen LogP contribution < -0.4 is 10.2 Å². The number of rotatable bonds is 9. The second kappa shape index (κ2) is 9.80. The first-order valence-corrected chi connectivity index (χ1v) is 10.7. The van der Waals surface area contributed by atoms with E-state index in [1.807, 2.05) is 78.2 Å². The summed E-state index contributed by atoms with van der Waals surface area (Å²) < 4.78 is 0. The molecule has 0 saturated heterocycles. The predicted molar refractivity (Wildman–Crippen MR) is 123 cm³/mol. The molecular formula is C24H22N4OS. The van der Waals surface area contributed by atoms with Gasteiger partial charge < -0.3 is 10.2 Å². The molecule has 4 aromatic rings. The SMILES string of the molecule is O=CN(Cc1cccs1)c1ccc(-c2ccccc2)nc1NCCc1ccccn1. The number of carbonyl (C=O) groups is 1. The van der Waals surface area contributed by atoms with Gasteiger partial charge in [-0.2, -0.15) is 0 Å². The summed E-state index contributed by atoms with van der Waals surface area (Å²) in [6.07, 6.45) is 3.43. The highest BCUT2D eigenvalue weighted by molar-refractivity contribution is 7.09. The number of benzene rings is 1. The van der Waals surface area contributed by atoms with E-state index in [9.17, 15) is 4.79 Å². The van der Waals surface area contributed by atoms with Crippen molar-refractivity contribution in [2.75, 3.05) is 16.8 Å². The quantitative estimate of drug-likeness (QED) is 0.391. The maximum absolute atomic E-state index is 11.9. The van der Waals surface area contributed by atoms with E-state index in [-0.39, 0.29) is 0 Å². The Morgan fingerprint density at radius 1 is 0.967 bits per heavy atom. The fourth-order valence-electron chi connectivity index (χ4n) is 3.19. The minimum absolute atomic E-state index is 0.516. The second-order valence-electron chi connectivity index (χ2n) is 6.74. The van der Waals surface area contributed by atoms with Crippen LogP contribution >= 0.6 is 11.3 Å². The number of nitrogens with one attached hydrogen (secondary N) is 1. The van der Waals surface area contributed by atoms with Gasteiger partial charge in [0.2, 0.25) is 6.41 Å². The molecule has 0 aliphatic heterocycles. The zero-order valence-corrected chi connectivity index (χ0v) is 17.3. The fourth-order valence-corrected chi connectivity index (χ4v) is 3.89. The van der Waals surface area contributed by atoms with Crippen molar-refractivity contribution in [3.8, 4) is 11.3 Å². The Bertz CT molecular complexity index is 1070. The van der Waals surface area contributed by atoms with Crippen molar-refractivity contribution in [2.24, 2.45) is 0 Å². The number of hydrogen-bond donors (Lipinski definition) is 1. The molecule has 3 aromatic heterocycles. The molecule has 150 valence electrons. The van der Waals surface area contributed by atoms with Crippen LogP contribution in [0.5, 0.6) is 0 Å². The van der Waals surface area contributed by atoms with Crippen LogP contribution in [0.2, 0.25) is 0 Å². The number of nitrogens with zero attached hydrogens (tertiary/aromatic N) is 3. The van der Waals surface area contributed by atoms with Gasteiger partial charge in [0.25, 0.3) is 0 Å². The van der Waals surface area contributed by atoms with E-state index in [1.165, 1.54) is 0 Å². The normalized spacial score (nSPS) is 10.5. The molecule has 0 saturated carbocycles. The fraction of sp³-hybridized carbons (Fsp3) is 0.125. The molecule has 0 fully saturated rings. The summed E-state index contributed by atoms with van der Waals surface area (Å²) in [5.41, 5.74) is 3.67. The maximum Gasteiger partial charge on any atom is 0.214 e. The Balaban J connectivity index is 1.60. The van der Waals surface area contributed by atoms with Crippen LogP contribution in [0, 0.1) is 0 Å². The molecule has 6 heteroatoms. The highest BCUT2D eigenvalue weighted by Gasteiger charge is 2.15. The number of hydrogen-bond acceptors (Lipinski definition) is 5. The molecule has 0 aliphatic carbocycles. The Kier molecular flexibility index (Phi) is 6.47. The number of pyridine rings is 2. The molecule has 0 spiro atoms. The maximum atomic E-state index is 11.9. The van der Waals surface area contributed by atoms with Gasteiger partial charge in [-0.25, -0.2) is 4.98 Å². The molecule has 4 rings (SSSR count). The zero-order valence-electron chi connectivity index (χ0n) is 16.4. The Labute approximate surface area is 180 Å². The van der Waals surface area contributed by atoms with Gasteiger partial charge in [-0.05, 0) is 35.7 Å². The average molecular weight is 415 g/mol. The summed E-state index contributed by atoms with van der Waals surface area (Å²) in [5.74, 6) is 0.691.